The quantitative estimate of drug-likeness (QED) is 0.806. The number of imide groups is 1. The minimum absolute atomic E-state index is 0.0535. The van der Waals surface area contributed by atoms with Crippen LogP contribution in [0.2, 0.25) is 0 Å². The molecule has 24 heavy (non-hydrogen) atoms. The van der Waals surface area contributed by atoms with Crippen molar-refractivity contribution in [3.63, 3.8) is 0 Å². The summed E-state index contributed by atoms with van der Waals surface area (Å²) in [6.07, 6.45) is 0.598. The monoisotopic (exact) mass is 340 g/mol. The third kappa shape index (κ3) is 2.53. The lowest BCUT2D eigenvalue weighted by Gasteiger charge is -2.43. The van der Waals surface area contributed by atoms with E-state index in [0.717, 1.165) is 11.1 Å². The molecule has 122 valence electrons. The van der Waals surface area contributed by atoms with Crippen LogP contribution in [0.4, 0.5) is 0 Å². The highest BCUT2D eigenvalue weighted by Crippen LogP contribution is 2.25. The van der Waals surface area contributed by atoms with Gasteiger partial charge in [0.05, 0.1) is 6.04 Å². The molecule has 1 aromatic carbocycles. The number of hydrogen-bond acceptors (Lipinski definition) is 4. The average molecular weight is 340 g/mol. The van der Waals surface area contributed by atoms with E-state index in [1.807, 2.05) is 35.7 Å². The van der Waals surface area contributed by atoms with E-state index in [1.54, 1.807) is 16.2 Å². The molecule has 1 aromatic heterocycles. The third-order valence-corrected chi connectivity index (χ3v) is 5.27. The van der Waals surface area contributed by atoms with Crippen LogP contribution in [0.15, 0.2) is 41.1 Å². The highest BCUT2D eigenvalue weighted by atomic mass is 32.1. The zero-order chi connectivity index (χ0) is 16.7. The minimum atomic E-state index is -0.151. The Morgan fingerprint density at radius 1 is 0.958 bits per heavy atom. The number of hydrogen-bond donors (Lipinski definition) is 0. The zero-order valence-electron chi connectivity index (χ0n) is 13.0. The van der Waals surface area contributed by atoms with Gasteiger partial charge in [0.2, 0.25) is 11.8 Å². The Morgan fingerprint density at radius 2 is 1.62 bits per heavy atom. The van der Waals surface area contributed by atoms with Gasteiger partial charge in [-0.25, -0.2) is 0 Å². The van der Waals surface area contributed by atoms with Gasteiger partial charge in [0.1, 0.15) is 0 Å². The molecule has 5 nitrogen and oxygen atoms in total. The van der Waals surface area contributed by atoms with Crippen LogP contribution in [0.5, 0.6) is 0 Å². The molecule has 0 saturated carbocycles. The van der Waals surface area contributed by atoms with E-state index in [9.17, 15) is 14.4 Å². The highest BCUT2D eigenvalue weighted by Gasteiger charge is 2.42. The molecule has 3 heterocycles. The second kappa shape index (κ2) is 5.87. The number of rotatable bonds is 3. The maximum absolute atomic E-state index is 12.5. The van der Waals surface area contributed by atoms with Gasteiger partial charge in [-0.15, -0.1) is 0 Å². The van der Waals surface area contributed by atoms with Crippen LogP contribution in [0.25, 0.3) is 11.1 Å². The summed E-state index contributed by atoms with van der Waals surface area (Å²) < 4.78 is 0. The average Bonchev–Trinajstić information content (AvgIpc) is 3.19. The van der Waals surface area contributed by atoms with E-state index in [1.165, 1.54) is 4.90 Å². The molecular weight excluding hydrogens is 324 g/mol. The maximum atomic E-state index is 12.5. The standard InChI is InChI=1S/C18H16N2O3S/c21-16-5-6-17(22)20(16)15-9-19(10-15)18(23)13-3-1-12(2-4-13)14-7-8-24-11-14/h1-4,7-8,11,15H,5-6,9-10H2. The second-order valence-electron chi connectivity index (χ2n) is 6.11. The van der Waals surface area contributed by atoms with Crippen LogP contribution < -0.4 is 0 Å². The number of benzene rings is 1. The number of amides is 3. The summed E-state index contributed by atoms with van der Waals surface area (Å²) in [5.74, 6) is -0.281. The summed E-state index contributed by atoms with van der Waals surface area (Å²) in [6.45, 7) is 0.866. The van der Waals surface area contributed by atoms with Gasteiger partial charge in [0.15, 0.2) is 0 Å². The van der Waals surface area contributed by atoms with Gasteiger partial charge in [0, 0.05) is 31.5 Å². The van der Waals surface area contributed by atoms with Gasteiger partial charge in [-0.05, 0) is 40.1 Å². The molecule has 2 aliphatic heterocycles. The predicted octanol–water partition coefficient (Wildman–Crippen LogP) is 2.39. The molecule has 0 atom stereocenters. The van der Waals surface area contributed by atoms with Crippen LogP contribution in [0, 0.1) is 0 Å². The lowest BCUT2D eigenvalue weighted by atomic mass is 10.0. The van der Waals surface area contributed by atoms with Crippen molar-refractivity contribution < 1.29 is 14.4 Å². The summed E-state index contributed by atoms with van der Waals surface area (Å²) in [5.41, 5.74) is 2.86. The SMILES string of the molecule is O=C(c1ccc(-c2ccsc2)cc1)N1CC(N2C(=O)CCC2=O)C1. The highest BCUT2D eigenvalue weighted by molar-refractivity contribution is 7.08. The first-order valence-electron chi connectivity index (χ1n) is 7.90. The molecule has 2 aliphatic rings. The molecule has 2 saturated heterocycles. The first-order valence-corrected chi connectivity index (χ1v) is 8.84. The second-order valence-corrected chi connectivity index (χ2v) is 6.89. The smallest absolute Gasteiger partial charge is 0.253 e. The van der Waals surface area contributed by atoms with Crippen molar-refractivity contribution in [1.29, 1.82) is 0 Å². The van der Waals surface area contributed by atoms with Gasteiger partial charge in [-0.2, -0.15) is 11.3 Å². The summed E-state index contributed by atoms with van der Waals surface area (Å²) >= 11 is 1.64. The number of likely N-dealkylation sites (tertiary alicyclic amines) is 2. The maximum Gasteiger partial charge on any atom is 0.253 e. The largest absolute Gasteiger partial charge is 0.334 e. The fraction of sp³-hybridized carbons (Fsp3) is 0.278. The molecule has 6 heteroatoms. The van der Waals surface area contributed by atoms with E-state index >= 15 is 0 Å². The van der Waals surface area contributed by atoms with Crippen LogP contribution in [-0.4, -0.2) is 46.7 Å². The fourth-order valence-electron chi connectivity index (χ4n) is 3.20. The zero-order valence-corrected chi connectivity index (χ0v) is 13.8. The van der Waals surface area contributed by atoms with Crippen LogP contribution in [0.3, 0.4) is 0 Å². The first-order chi connectivity index (χ1) is 11.6. The molecule has 2 fully saturated rings. The molecule has 0 aliphatic carbocycles. The number of carbonyl (C=O) groups excluding carboxylic acids is 3. The molecule has 0 N–H and O–H groups in total. The molecule has 2 aromatic rings. The van der Waals surface area contributed by atoms with E-state index < -0.39 is 0 Å². The van der Waals surface area contributed by atoms with Crippen molar-refractivity contribution in [2.24, 2.45) is 0 Å². The summed E-state index contributed by atoms with van der Waals surface area (Å²) in [4.78, 5) is 38.9. The Kier molecular flexibility index (Phi) is 3.69. The topological polar surface area (TPSA) is 57.7 Å². The lowest BCUT2D eigenvalue weighted by Crippen LogP contribution is -2.62. The molecule has 0 bridgehead atoms. The van der Waals surface area contributed by atoms with Crippen molar-refractivity contribution in [3.8, 4) is 11.1 Å². The Hall–Kier alpha value is -2.47. The molecule has 4 rings (SSSR count). The summed E-state index contributed by atoms with van der Waals surface area (Å²) in [6, 6.07) is 9.44. The van der Waals surface area contributed by atoms with Crippen molar-refractivity contribution in [1.82, 2.24) is 9.80 Å². The lowest BCUT2D eigenvalue weighted by molar-refractivity contribution is -0.144. The van der Waals surface area contributed by atoms with Crippen LogP contribution in [0.1, 0.15) is 23.2 Å². The number of carbonyl (C=O) groups is 3. The van der Waals surface area contributed by atoms with Crippen molar-refractivity contribution in [2.45, 2.75) is 18.9 Å². The van der Waals surface area contributed by atoms with Crippen LogP contribution in [-0.2, 0) is 9.59 Å². The van der Waals surface area contributed by atoms with E-state index in [-0.39, 0.29) is 23.8 Å². The predicted molar refractivity (Wildman–Crippen MR) is 90.5 cm³/mol. The van der Waals surface area contributed by atoms with Crippen molar-refractivity contribution in [3.05, 3.63) is 46.7 Å². The summed E-state index contributed by atoms with van der Waals surface area (Å²) in [7, 11) is 0. The normalized spacial score (nSPS) is 18.2. The molecular formula is C18H16N2O3S. The van der Waals surface area contributed by atoms with Gasteiger partial charge in [-0.3, -0.25) is 19.3 Å². The van der Waals surface area contributed by atoms with E-state index in [2.05, 4.69) is 5.38 Å². The molecule has 0 radical (unpaired) electrons. The van der Waals surface area contributed by atoms with Crippen molar-refractivity contribution in [2.75, 3.05) is 13.1 Å². The van der Waals surface area contributed by atoms with E-state index in [4.69, 9.17) is 0 Å². The molecule has 3 amide bonds. The van der Waals surface area contributed by atoms with Crippen LogP contribution >= 0.6 is 11.3 Å². The minimum Gasteiger partial charge on any atom is -0.334 e. The van der Waals surface area contributed by atoms with Gasteiger partial charge in [-0.1, -0.05) is 12.1 Å². The van der Waals surface area contributed by atoms with Gasteiger partial charge < -0.3 is 4.90 Å². The third-order valence-electron chi connectivity index (χ3n) is 4.59. The van der Waals surface area contributed by atoms with Gasteiger partial charge >= 0.3 is 0 Å². The molecule has 0 spiro atoms. The Labute approximate surface area is 143 Å². The Morgan fingerprint density at radius 3 is 2.21 bits per heavy atom. The van der Waals surface area contributed by atoms with Gasteiger partial charge in [0.25, 0.3) is 5.91 Å². The van der Waals surface area contributed by atoms with Crippen molar-refractivity contribution >= 4 is 29.1 Å². The Bertz CT molecular complexity index is 776. The number of thiophene rings is 1. The fourth-order valence-corrected chi connectivity index (χ4v) is 3.87. The molecule has 0 unspecified atom stereocenters. The first kappa shape index (κ1) is 15.1. The number of nitrogens with zero attached hydrogens (tertiary/aromatic N) is 2. The Balaban J connectivity index is 1.41. The van der Waals surface area contributed by atoms with E-state index in [0.29, 0.717) is 31.5 Å². The summed E-state index contributed by atoms with van der Waals surface area (Å²) in [5, 5.41) is 4.09.